The lowest BCUT2D eigenvalue weighted by molar-refractivity contribution is -0.00346. The molecule has 0 aliphatic carbocycles. The Bertz CT molecular complexity index is 840. The fourth-order valence-corrected chi connectivity index (χ4v) is 5.36. The van der Waals surface area contributed by atoms with E-state index in [4.69, 9.17) is 4.52 Å². The number of phenolic OH excluding ortho intramolecular Hbond substituents is 1. The van der Waals surface area contributed by atoms with Crippen molar-refractivity contribution in [3.05, 3.63) is 47.3 Å². The van der Waals surface area contributed by atoms with Crippen molar-refractivity contribution in [3.8, 4) is 5.75 Å². The second-order valence-electron chi connectivity index (χ2n) is 7.81. The first kappa shape index (κ1) is 15.9. The maximum atomic E-state index is 13.3. The Morgan fingerprint density at radius 3 is 2.77 bits per heavy atom. The van der Waals surface area contributed by atoms with E-state index < -0.39 is 0 Å². The molecule has 0 spiro atoms. The molecule has 1 aromatic carbocycles. The molecule has 6 nitrogen and oxygen atoms in total. The monoisotopic (exact) mass is 353 g/mol. The number of hydrogen-bond donors (Lipinski definition) is 1. The van der Waals surface area contributed by atoms with Gasteiger partial charge in [0.05, 0.1) is 12.2 Å². The molecule has 4 aliphatic heterocycles. The largest absolute Gasteiger partial charge is 0.508 e. The van der Waals surface area contributed by atoms with E-state index in [1.807, 2.05) is 12.1 Å². The molecule has 1 N–H and O–H groups in total. The predicted molar refractivity (Wildman–Crippen MR) is 95.0 cm³/mol. The van der Waals surface area contributed by atoms with Gasteiger partial charge >= 0.3 is 0 Å². The Labute approximate surface area is 152 Å². The average Bonchev–Trinajstić information content (AvgIpc) is 3.27. The predicted octanol–water partition coefficient (Wildman–Crippen LogP) is 2.39. The van der Waals surface area contributed by atoms with Gasteiger partial charge in [0.25, 0.3) is 5.91 Å². The smallest absolute Gasteiger partial charge is 0.259 e. The Kier molecular flexibility index (Phi) is 3.57. The van der Waals surface area contributed by atoms with Gasteiger partial charge in [-0.2, -0.15) is 0 Å². The van der Waals surface area contributed by atoms with Gasteiger partial charge in [-0.1, -0.05) is 17.3 Å². The molecule has 0 unspecified atom stereocenters. The quantitative estimate of drug-likeness (QED) is 0.898. The van der Waals surface area contributed by atoms with Crippen molar-refractivity contribution in [2.45, 2.75) is 37.8 Å². The third-order valence-corrected chi connectivity index (χ3v) is 6.53. The molecule has 136 valence electrons. The number of carbonyl (C=O) groups is 1. The standard InChI is InChI=1S/C20H23N3O3/c1-12-16(10-21-26-12)20(25)23-11-17(14-3-2-4-15(24)9-14)19-18(23)13-5-7-22(19)8-6-13/h2-4,9-10,13,17-19,24H,5-8,11H2,1H3/t17-,18+,19+/m1/s1. The second-order valence-corrected chi connectivity index (χ2v) is 7.81. The van der Waals surface area contributed by atoms with Gasteiger partial charge in [-0.3, -0.25) is 9.69 Å². The number of carbonyl (C=O) groups excluding carboxylic acids is 1. The van der Waals surface area contributed by atoms with Crippen molar-refractivity contribution in [2.75, 3.05) is 19.6 Å². The van der Waals surface area contributed by atoms with Crippen LogP contribution in [0.3, 0.4) is 0 Å². The highest BCUT2D eigenvalue weighted by Crippen LogP contribution is 2.47. The van der Waals surface area contributed by atoms with E-state index >= 15 is 0 Å². The van der Waals surface area contributed by atoms with Gasteiger partial charge in [0, 0.05) is 18.5 Å². The lowest BCUT2D eigenvalue weighted by Gasteiger charge is -2.51. The van der Waals surface area contributed by atoms with Gasteiger partial charge in [-0.25, -0.2) is 0 Å². The van der Waals surface area contributed by atoms with Crippen LogP contribution in [0.5, 0.6) is 5.75 Å². The summed E-state index contributed by atoms with van der Waals surface area (Å²) >= 11 is 0. The van der Waals surface area contributed by atoms with Crippen molar-refractivity contribution in [1.29, 1.82) is 0 Å². The highest BCUT2D eigenvalue weighted by atomic mass is 16.5. The summed E-state index contributed by atoms with van der Waals surface area (Å²) < 4.78 is 5.13. The SMILES string of the molecule is Cc1oncc1C(=O)N1C[C@H](c2cccc(O)c2)[C@H]2[C@@H]1C1CCN2CC1. The molecular formula is C20H23N3O3. The van der Waals surface area contributed by atoms with Crippen molar-refractivity contribution in [1.82, 2.24) is 15.0 Å². The molecule has 5 heterocycles. The van der Waals surface area contributed by atoms with Gasteiger partial charge in [0.2, 0.25) is 0 Å². The van der Waals surface area contributed by atoms with Gasteiger partial charge in [-0.15, -0.1) is 0 Å². The van der Waals surface area contributed by atoms with E-state index in [1.165, 1.54) is 6.20 Å². The molecule has 2 aromatic rings. The molecule has 6 heteroatoms. The summed E-state index contributed by atoms with van der Waals surface area (Å²) in [5, 5.41) is 13.7. The Morgan fingerprint density at radius 1 is 1.27 bits per heavy atom. The maximum absolute atomic E-state index is 13.3. The zero-order chi connectivity index (χ0) is 17.8. The summed E-state index contributed by atoms with van der Waals surface area (Å²) in [5.41, 5.74) is 1.68. The first-order chi connectivity index (χ1) is 12.6. The van der Waals surface area contributed by atoms with Crippen LogP contribution in [0.4, 0.5) is 0 Å². The van der Waals surface area contributed by atoms with E-state index in [2.05, 4.69) is 21.0 Å². The molecule has 0 radical (unpaired) electrons. The fraction of sp³-hybridized carbons (Fsp3) is 0.500. The number of phenols is 1. The zero-order valence-corrected chi connectivity index (χ0v) is 14.8. The molecule has 2 bridgehead atoms. The van der Waals surface area contributed by atoms with Gasteiger partial charge < -0.3 is 14.5 Å². The molecule has 0 saturated carbocycles. The summed E-state index contributed by atoms with van der Waals surface area (Å²) in [6.45, 7) is 4.68. The van der Waals surface area contributed by atoms with Gasteiger partial charge in [0.15, 0.2) is 0 Å². The number of benzene rings is 1. The van der Waals surface area contributed by atoms with E-state index in [9.17, 15) is 9.90 Å². The molecule has 4 saturated heterocycles. The van der Waals surface area contributed by atoms with E-state index in [0.717, 1.165) is 31.5 Å². The summed E-state index contributed by atoms with van der Waals surface area (Å²) in [6, 6.07) is 8.07. The highest BCUT2D eigenvalue weighted by Gasteiger charge is 2.54. The van der Waals surface area contributed by atoms with Gasteiger partial charge in [-0.05, 0) is 56.5 Å². The molecule has 6 rings (SSSR count). The minimum absolute atomic E-state index is 0.0233. The Morgan fingerprint density at radius 2 is 2.08 bits per heavy atom. The molecule has 4 aliphatic rings. The summed E-state index contributed by atoms with van der Waals surface area (Å²) in [7, 11) is 0. The molecule has 4 fully saturated rings. The minimum Gasteiger partial charge on any atom is -0.508 e. The number of aryl methyl sites for hydroxylation is 1. The maximum Gasteiger partial charge on any atom is 0.259 e. The molecule has 26 heavy (non-hydrogen) atoms. The Hall–Kier alpha value is -2.34. The number of amides is 1. The first-order valence-electron chi connectivity index (χ1n) is 9.38. The van der Waals surface area contributed by atoms with E-state index in [-0.39, 0.29) is 23.6 Å². The van der Waals surface area contributed by atoms with Crippen LogP contribution in [0.25, 0.3) is 0 Å². The molecular weight excluding hydrogens is 330 g/mol. The van der Waals surface area contributed by atoms with Crippen molar-refractivity contribution >= 4 is 5.91 Å². The van der Waals surface area contributed by atoms with Crippen LogP contribution in [0, 0.1) is 12.8 Å². The number of aromatic hydroxyl groups is 1. The van der Waals surface area contributed by atoms with E-state index in [0.29, 0.717) is 29.8 Å². The number of fused-ring (bicyclic) bond motifs is 2. The molecule has 3 atom stereocenters. The number of likely N-dealkylation sites (tertiary alicyclic amines) is 1. The van der Waals surface area contributed by atoms with Crippen LogP contribution in [0.2, 0.25) is 0 Å². The van der Waals surface area contributed by atoms with Crippen LogP contribution in [-0.4, -0.2) is 57.7 Å². The van der Waals surface area contributed by atoms with Crippen LogP contribution in [-0.2, 0) is 0 Å². The normalized spacial score (nSPS) is 32.7. The lowest BCUT2D eigenvalue weighted by atomic mass is 9.75. The van der Waals surface area contributed by atoms with Gasteiger partial charge in [0.1, 0.15) is 17.1 Å². The average molecular weight is 353 g/mol. The van der Waals surface area contributed by atoms with Crippen LogP contribution in [0.1, 0.15) is 40.4 Å². The van der Waals surface area contributed by atoms with Crippen molar-refractivity contribution in [2.24, 2.45) is 5.92 Å². The summed E-state index contributed by atoms with van der Waals surface area (Å²) in [6.07, 6.45) is 3.84. The van der Waals surface area contributed by atoms with Crippen LogP contribution >= 0.6 is 0 Å². The number of rotatable bonds is 2. The first-order valence-corrected chi connectivity index (χ1v) is 9.38. The minimum atomic E-state index is 0.0233. The molecule has 1 aromatic heterocycles. The summed E-state index contributed by atoms with van der Waals surface area (Å²) in [5.74, 6) is 1.66. The number of piperidine rings is 3. The second kappa shape index (κ2) is 5.84. The number of nitrogens with zero attached hydrogens (tertiary/aromatic N) is 3. The number of hydrogen-bond acceptors (Lipinski definition) is 5. The summed E-state index contributed by atoms with van der Waals surface area (Å²) in [4.78, 5) is 17.9. The number of aromatic nitrogens is 1. The molecule has 1 amide bonds. The van der Waals surface area contributed by atoms with Crippen LogP contribution in [0.15, 0.2) is 35.0 Å². The topological polar surface area (TPSA) is 69.8 Å². The van der Waals surface area contributed by atoms with Crippen molar-refractivity contribution in [3.63, 3.8) is 0 Å². The third kappa shape index (κ3) is 2.28. The van der Waals surface area contributed by atoms with Crippen LogP contribution < -0.4 is 0 Å². The lowest BCUT2D eigenvalue weighted by Crippen LogP contribution is -2.60. The van der Waals surface area contributed by atoms with Crippen molar-refractivity contribution < 1.29 is 14.4 Å². The van der Waals surface area contributed by atoms with E-state index in [1.54, 1.807) is 13.0 Å². The Balaban J connectivity index is 1.55. The fourth-order valence-electron chi connectivity index (χ4n) is 5.36. The third-order valence-electron chi connectivity index (χ3n) is 6.53. The highest BCUT2D eigenvalue weighted by molar-refractivity contribution is 5.95. The zero-order valence-electron chi connectivity index (χ0n) is 14.8.